The summed E-state index contributed by atoms with van der Waals surface area (Å²) in [5.41, 5.74) is 9.54. The van der Waals surface area contributed by atoms with E-state index in [0.717, 1.165) is 22.2 Å². The van der Waals surface area contributed by atoms with Gasteiger partial charge in [0.2, 0.25) is 0 Å². The number of rotatable bonds is 2. The van der Waals surface area contributed by atoms with E-state index in [2.05, 4.69) is 15.3 Å². The van der Waals surface area contributed by atoms with E-state index in [0.29, 0.717) is 11.4 Å². The van der Waals surface area contributed by atoms with Crippen molar-refractivity contribution in [3.05, 3.63) is 29.6 Å². The SMILES string of the molecule is Cc1[nH]c2ccc(O)cc2c1-c1nonc1CN. The minimum absolute atomic E-state index is 0.202. The topological polar surface area (TPSA) is 101 Å². The molecular weight excluding hydrogens is 232 g/mol. The summed E-state index contributed by atoms with van der Waals surface area (Å²) >= 11 is 0. The monoisotopic (exact) mass is 244 g/mol. The van der Waals surface area contributed by atoms with Gasteiger partial charge >= 0.3 is 0 Å². The van der Waals surface area contributed by atoms with E-state index >= 15 is 0 Å². The highest BCUT2D eigenvalue weighted by Crippen LogP contribution is 2.34. The van der Waals surface area contributed by atoms with Crippen molar-refractivity contribution in [1.29, 1.82) is 0 Å². The van der Waals surface area contributed by atoms with Crippen LogP contribution in [0.2, 0.25) is 0 Å². The van der Waals surface area contributed by atoms with Crippen molar-refractivity contribution in [2.75, 3.05) is 0 Å². The molecule has 92 valence electrons. The van der Waals surface area contributed by atoms with Crippen LogP contribution in [-0.2, 0) is 6.54 Å². The van der Waals surface area contributed by atoms with Gasteiger partial charge in [-0.25, -0.2) is 4.63 Å². The van der Waals surface area contributed by atoms with Crippen LogP contribution >= 0.6 is 0 Å². The first kappa shape index (κ1) is 10.8. The molecule has 3 aromatic rings. The van der Waals surface area contributed by atoms with Gasteiger partial charge < -0.3 is 15.8 Å². The van der Waals surface area contributed by atoms with Crippen molar-refractivity contribution < 1.29 is 9.74 Å². The Balaban J connectivity index is 2.34. The molecule has 2 heterocycles. The molecule has 0 spiro atoms. The minimum Gasteiger partial charge on any atom is -0.508 e. The third-order valence-corrected chi connectivity index (χ3v) is 2.96. The maximum atomic E-state index is 9.59. The molecule has 3 rings (SSSR count). The molecule has 6 heteroatoms. The number of aromatic nitrogens is 3. The number of hydrogen-bond acceptors (Lipinski definition) is 5. The lowest BCUT2D eigenvalue weighted by molar-refractivity contribution is 0.304. The predicted octanol–water partition coefficient (Wildman–Crippen LogP) is 1.69. The van der Waals surface area contributed by atoms with Gasteiger partial charge in [-0.2, -0.15) is 0 Å². The molecule has 0 saturated carbocycles. The molecule has 0 radical (unpaired) electrons. The normalized spacial score (nSPS) is 11.2. The lowest BCUT2D eigenvalue weighted by Crippen LogP contribution is -1.98. The zero-order valence-corrected chi connectivity index (χ0v) is 9.77. The summed E-state index contributed by atoms with van der Waals surface area (Å²) in [5, 5.41) is 18.1. The number of nitrogens with two attached hydrogens (primary N) is 1. The molecule has 0 amide bonds. The highest BCUT2D eigenvalue weighted by atomic mass is 16.6. The third-order valence-electron chi connectivity index (χ3n) is 2.96. The number of H-pyrrole nitrogens is 1. The predicted molar refractivity (Wildman–Crippen MR) is 65.9 cm³/mol. The fourth-order valence-electron chi connectivity index (χ4n) is 2.15. The summed E-state index contributed by atoms with van der Waals surface area (Å²) in [6, 6.07) is 5.13. The smallest absolute Gasteiger partial charge is 0.142 e. The average Bonchev–Trinajstić information content (AvgIpc) is 2.91. The summed E-state index contributed by atoms with van der Waals surface area (Å²) in [4.78, 5) is 3.23. The zero-order chi connectivity index (χ0) is 12.7. The van der Waals surface area contributed by atoms with Crippen molar-refractivity contribution in [1.82, 2.24) is 15.3 Å². The zero-order valence-electron chi connectivity index (χ0n) is 9.77. The molecule has 18 heavy (non-hydrogen) atoms. The van der Waals surface area contributed by atoms with Crippen LogP contribution < -0.4 is 5.73 Å². The first-order chi connectivity index (χ1) is 8.70. The van der Waals surface area contributed by atoms with Gasteiger partial charge in [-0.1, -0.05) is 5.16 Å². The first-order valence-electron chi connectivity index (χ1n) is 5.54. The molecular formula is C12H12N4O2. The van der Waals surface area contributed by atoms with Crippen LogP contribution in [0.1, 0.15) is 11.4 Å². The van der Waals surface area contributed by atoms with E-state index in [-0.39, 0.29) is 12.3 Å². The maximum Gasteiger partial charge on any atom is 0.142 e. The van der Waals surface area contributed by atoms with Crippen LogP contribution in [-0.4, -0.2) is 20.4 Å². The summed E-state index contributed by atoms with van der Waals surface area (Å²) < 4.78 is 4.74. The number of phenolic OH excluding ortho intramolecular Hbond substituents is 1. The average molecular weight is 244 g/mol. The molecule has 0 aliphatic carbocycles. The molecule has 2 aromatic heterocycles. The van der Waals surface area contributed by atoms with Crippen molar-refractivity contribution in [2.45, 2.75) is 13.5 Å². The Morgan fingerprint density at radius 3 is 3.00 bits per heavy atom. The number of fused-ring (bicyclic) bond motifs is 1. The highest BCUT2D eigenvalue weighted by Gasteiger charge is 2.18. The Hall–Kier alpha value is -2.34. The van der Waals surface area contributed by atoms with Gasteiger partial charge in [0, 0.05) is 28.7 Å². The standard InChI is InChI=1S/C12H12N4O2/c1-6-11(12-10(5-13)15-18-16-12)8-4-7(17)2-3-9(8)14-6/h2-4,14,17H,5,13H2,1H3. The Labute approximate surface area is 102 Å². The van der Waals surface area contributed by atoms with Crippen LogP contribution in [0.5, 0.6) is 5.75 Å². The Kier molecular flexibility index (Phi) is 2.31. The molecule has 4 N–H and O–H groups in total. The van der Waals surface area contributed by atoms with Crippen LogP contribution in [0.25, 0.3) is 22.2 Å². The number of nitrogens with one attached hydrogen (secondary N) is 1. The van der Waals surface area contributed by atoms with Gasteiger partial charge in [-0.3, -0.25) is 0 Å². The van der Waals surface area contributed by atoms with Gasteiger partial charge in [-0.15, -0.1) is 0 Å². The number of aryl methyl sites for hydroxylation is 1. The fraction of sp³-hybridized carbons (Fsp3) is 0.167. The number of hydrogen-bond donors (Lipinski definition) is 3. The van der Waals surface area contributed by atoms with E-state index in [4.69, 9.17) is 10.4 Å². The van der Waals surface area contributed by atoms with E-state index < -0.39 is 0 Å². The second-order valence-electron chi connectivity index (χ2n) is 4.12. The maximum absolute atomic E-state index is 9.59. The second kappa shape index (κ2) is 3.85. The number of aromatic hydroxyl groups is 1. The van der Waals surface area contributed by atoms with Crippen LogP contribution in [0, 0.1) is 6.92 Å². The largest absolute Gasteiger partial charge is 0.508 e. The number of aromatic amines is 1. The molecule has 0 atom stereocenters. The second-order valence-corrected chi connectivity index (χ2v) is 4.12. The van der Waals surface area contributed by atoms with Crippen molar-refractivity contribution >= 4 is 10.9 Å². The summed E-state index contributed by atoms with van der Waals surface area (Å²) in [7, 11) is 0. The number of nitrogens with zero attached hydrogens (tertiary/aromatic N) is 2. The van der Waals surface area contributed by atoms with E-state index in [1.807, 2.05) is 13.0 Å². The van der Waals surface area contributed by atoms with Crippen molar-refractivity contribution in [3.8, 4) is 17.0 Å². The van der Waals surface area contributed by atoms with Crippen LogP contribution in [0.3, 0.4) is 0 Å². The van der Waals surface area contributed by atoms with E-state index in [9.17, 15) is 5.11 Å². The fourth-order valence-corrected chi connectivity index (χ4v) is 2.15. The van der Waals surface area contributed by atoms with Gasteiger partial charge in [0.05, 0.1) is 0 Å². The third kappa shape index (κ3) is 1.46. The Morgan fingerprint density at radius 1 is 1.39 bits per heavy atom. The molecule has 0 aliphatic heterocycles. The van der Waals surface area contributed by atoms with Gasteiger partial charge in [-0.05, 0) is 30.3 Å². The molecule has 0 aliphatic rings. The summed E-state index contributed by atoms with van der Waals surface area (Å²) in [5.74, 6) is 0.202. The highest BCUT2D eigenvalue weighted by molar-refractivity contribution is 5.97. The molecule has 1 aromatic carbocycles. The molecule has 0 unspecified atom stereocenters. The Morgan fingerprint density at radius 2 is 2.22 bits per heavy atom. The van der Waals surface area contributed by atoms with Crippen LogP contribution in [0.15, 0.2) is 22.8 Å². The Bertz CT molecular complexity index is 714. The number of benzene rings is 1. The summed E-state index contributed by atoms with van der Waals surface area (Å²) in [6.45, 7) is 2.19. The van der Waals surface area contributed by atoms with Crippen molar-refractivity contribution in [3.63, 3.8) is 0 Å². The lowest BCUT2D eigenvalue weighted by atomic mass is 10.1. The molecule has 0 fully saturated rings. The minimum atomic E-state index is 0.202. The van der Waals surface area contributed by atoms with E-state index in [1.165, 1.54) is 0 Å². The van der Waals surface area contributed by atoms with Gasteiger partial charge in [0.15, 0.2) is 0 Å². The summed E-state index contributed by atoms with van der Waals surface area (Å²) in [6.07, 6.45) is 0. The molecule has 0 bridgehead atoms. The van der Waals surface area contributed by atoms with Crippen molar-refractivity contribution in [2.24, 2.45) is 5.73 Å². The van der Waals surface area contributed by atoms with Gasteiger partial charge in [0.1, 0.15) is 17.1 Å². The van der Waals surface area contributed by atoms with Crippen LogP contribution in [0.4, 0.5) is 0 Å². The number of phenols is 1. The molecule has 0 saturated heterocycles. The quantitative estimate of drug-likeness (QED) is 0.636. The first-order valence-corrected chi connectivity index (χ1v) is 5.54. The van der Waals surface area contributed by atoms with Gasteiger partial charge in [0.25, 0.3) is 0 Å². The molecule has 6 nitrogen and oxygen atoms in total. The lowest BCUT2D eigenvalue weighted by Gasteiger charge is -1.98. The van der Waals surface area contributed by atoms with E-state index in [1.54, 1.807) is 12.1 Å².